The van der Waals surface area contributed by atoms with Gasteiger partial charge in [-0.2, -0.15) is 0 Å². The van der Waals surface area contributed by atoms with E-state index in [-0.39, 0.29) is 0 Å². The average molecular weight is 171 g/mol. The van der Waals surface area contributed by atoms with Crippen molar-refractivity contribution in [2.45, 2.75) is 6.42 Å². The van der Waals surface area contributed by atoms with Gasteiger partial charge in [0, 0.05) is 5.69 Å². The Hall–Kier alpha value is -1.68. The molecule has 0 aliphatic heterocycles. The number of benzene rings is 1. The Kier molecular flexibility index (Phi) is 3.66. The van der Waals surface area contributed by atoms with E-state index in [2.05, 4.69) is 23.9 Å². The first-order valence-electron chi connectivity index (χ1n) is 4.24. The number of allylic oxidation sites excluding steroid dienone is 1. The van der Waals surface area contributed by atoms with E-state index in [9.17, 15) is 0 Å². The number of nitrogens with one attached hydrogen (secondary N) is 1. The zero-order valence-corrected chi connectivity index (χ0v) is 7.59. The standard InChI is InChI=1S/C12H13N/c1-3-7-11-8-5-6-9-12(11)13-10-4-2/h2-3,5-6,8-9,13H,1,7,10H2. The molecule has 0 saturated heterocycles. The van der Waals surface area contributed by atoms with Crippen LogP contribution in [-0.4, -0.2) is 6.54 Å². The molecule has 0 unspecified atom stereocenters. The molecule has 0 atom stereocenters. The van der Waals surface area contributed by atoms with Gasteiger partial charge in [0.15, 0.2) is 0 Å². The molecule has 1 N–H and O–H groups in total. The van der Waals surface area contributed by atoms with E-state index in [1.54, 1.807) is 0 Å². The van der Waals surface area contributed by atoms with Gasteiger partial charge >= 0.3 is 0 Å². The van der Waals surface area contributed by atoms with Crippen molar-refractivity contribution in [2.75, 3.05) is 11.9 Å². The molecule has 1 heteroatoms. The van der Waals surface area contributed by atoms with Crippen molar-refractivity contribution in [3.63, 3.8) is 0 Å². The minimum absolute atomic E-state index is 0.564. The highest BCUT2D eigenvalue weighted by atomic mass is 14.9. The Labute approximate surface area is 79.5 Å². The Balaban J connectivity index is 2.78. The topological polar surface area (TPSA) is 12.0 Å². The van der Waals surface area contributed by atoms with Gasteiger partial charge in [-0.15, -0.1) is 13.0 Å². The predicted molar refractivity (Wildman–Crippen MR) is 57.7 cm³/mol. The van der Waals surface area contributed by atoms with Crippen LogP contribution in [0.4, 0.5) is 5.69 Å². The van der Waals surface area contributed by atoms with Crippen LogP contribution in [0.5, 0.6) is 0 Å². The fourth-order valence-electron chi connectivity index (χ4n) is 1.17. The van der Waals surface area contributed by atoms with Crippen molar-refractivity contribution in [1.82, 2.24) is 0 Å². The molecule has 0 amide bonds. The first-order chi connectivity index (χ1) is 6.38. The molecule has 66 valence electrons. The molecular weight excluding hydrogens is 158 g/mol. The third kappa shape index (κ3) is 2.68. The summed E-state index contributed by atoms with van der Waals surface area (Å²) in [6, 6.07) is 8.10. The van der Waals surface area contributed by atoms with Crippen molar-refractivity contribution < 1.29 is 0 Å². The lowest BCUT2D eigenvalue weighted by molar-refractivity contribution is 1.24. The lowest BCUT2D eigenvalue weighted by Gasteiger charge is -2.07. The van der Waals surface area contributed by atoms with E-state index < -0.39 is 0 Å². The molecule has 0 aliphatic rings. The molecule has 0 saturated carbocycles. The summed E-state index contributed by atoms with van der Waals surface area (Å²) in [7, 11) is 0. The normalized spacial score (nSPS) is 8.85. The highest BCUT2D eigenvalue weighted by Gasteiger charge is 1.96. The molecule has 1 nitrogen and oxygen atoms in total. The fourth-order valence-corrected chi connectivity index (χ4v) is 1.17. The van der Waals surface area contributed by atoms with Gasteiger partial charge < -0.3 is 5.32 Å². The number of anilines is 1. The third-order valence-corrected chi connectivity index (χ3v) is 1.76. The van der Waals surface area contributed by atoms with Crippen LogP contribution in [0.25, 0.3) is 0 Å². The van der Waals surface area contributed by atoms with Crippen LogP contribution >= 0.6 is 0 Å². The number of hydrogen-bond acceptors (Lipinski definition) is 1. The van der Waals surface area contributed by atoms with Gasteiger partial charge in [-0.3, -0.25) is 0 Å². The maximum atomic E-state index is 5.17. The zero-order valence-electron chi connectivity index (χ0n) is 7.59. The van der Waals surface area contributed by atoms with Crippen molar-refractivity contribution in [3.8, 4) is 12.3 Å². The highest BCUT2D eigenvalue weighted by Crippen LogP contribution is 2.15. The number of hydrogen-bond donors (Lipinski definition) is 1. The molecule has 1 aromatic rings. The van der Waals surface area contributed by atoms with E-state index in [1.165, 1.54) is 5.56 Å². The Morgan fingerprint density at radius 3 is 2.92 bits per heavy atom. The summed E-state index contributed by atoms with van der Waals surface area (Å²) >= 11 is 0. The second-order valence-corrected chi connectivity index (χ2v) is 2.71. The molecule has 0 heterocycles. The first kappa shape index (κ1) is 9.41. The maximum Gasteiger partial charge on any atom is 0.0763 e. The Bertz CT molecular complexity index is 320. The van der Waals surface area contributed by atoms with Crippen LogP contribution in [-0.2, 0) is 6.42 Å². The minimum atomic E-state index is 0.564. The maximum absolute atomic E-state index is 5.17. The summed E-state index contributed by atoms with van der Waals surface area (Å²) in [5.74, 6) is 2.55. The first-order valence-corrected chi connectivity index (χ1v) is 4.24. The van der Waals surface area contributed by atoms with Gasteiger partial charge in [0.2, 0.25) is 0 Å². The molecule has 0 aromatic heterocycles. The molecule has 0 spiro atoms. The summed E-state index contributed by atoms with van der Waals surface area (Å²) < 4.78 is 0. The van der Waals surface area contributed by atoms with Gasteiger partial charge in [0.25, 0.3) is 0 Å². The van der Waals surface area contributed by atoms with E-state index in [0.29, 0.717) is 6.54 Å². The SMILES string of the molecule is C#CCNc1ccccc1CC=C. The average Bonchev–Trinajstić information content (AvgIpc) is 2.17. The smallest absolute Gasteiger partial charge is 0.0763 e. The van der Waals surface area contributed by atoms with Crippen LogP contribution in [0.2, 0.25) is 0 Å². The van der Waals surface area contributed by atoms with Gasteiger partial charge in [0.1, 0.15) is 0 Å². The van der Waals surface area contributed by atoms with Gasteiger partial charge in [-0.25, -0.2) is 0 Å². The monoisotopic (exact) mass is 171 g/mol. The molecule has 0 radical (unpaired) electrons. The molecular formula is C12H13N. The summed E-state index contributed by atoms with van der Waals surface area (Å²) in [6.45, 7) is 4.27. The lowest BCUT2D eigenvalue weighted by Crippen LogP contribution is -2.01. The zero-order chi connectivity index (χ0) is 9.52. The summed E-state index contributed by atoms with van der Waals surface area (Å²) in [5.41, 5.74) is 2.33. The highest BCUT2D eigenvalue weighted by molar-refractivity contribution is 5.52. The van der Waals surface area contributed by atoms with Gasteiger partial charge in [-0.05, 0) is 18.1 Å². The van der Waals surface area contributed by atoms with Crippen molar-refractivity contribution in [1.29, 1.82) is 0 Å². The van der Waals surface area contributed by atoms with E-state index in [0.717, 1.165) is 12.1 Å². The molecule has 0 bridgehead atoms. The van der Waals surface area contributed by atoms with Crippen molar-refractivity contribution in [3.05, 3.63) is 42.5 Å². The molecule has 1 aromatic carbocycles. The summed E-state index contributed by atoms with van der Waals surface area (Å²) in [4.78, 5) is 0. The number of terminal acetylenes is 1. The van der Waals surface area contributed by atoms with E-state index in [4.69, 9.17) is 6.42 Å². The molecule has 0 fully saturated rings. The largest absolute Gasteiger partial charge is 0.374 e. The molecule has 0 aliphatic carbocycles. The van der Waals surface area contributed by atoms with Crippen LogP contribution in [0.1, 0.15) is 5.56 Å². The van der Waals surface area contributed by atoms with Gasteiger partial charge in [0.05, 0.1) is 6.54 Å². The van der Waals surface area contributed by atoms with E-state index >= 15 is 0 Å². The van der Waals surface area contributed by atoms with Crippen LogP contribution < -0.4 is 5.32 Å². The molecule has 1 rings (SSSR count). The third-order valence-electron chi connectivity index (χ3n) is 1.76. The van der Waals surface area contributed by atoms with Gasteiger partial charge in [-0.1, -0.05) is 30.2 Å². The number of para-hydroxylation sites is 1. The van der Waals surface area contributed by atoms with Crippen molar-refractivity contribution in [2.24, 2.45) is 0 Å². The quantitative estimate of drug-likeness (QED) is 0.542. The minimum Gasteiger partial charge on any atom is -0.374 e. The fraction of sp³-hybridized carbons (Fsp3) is 0.167. The second-order valence-electron chi connectivity index (χ2n) is 2.71. The molecule has 13 heavy (non-hydrogen) atoms. The van der Waals surface area contributed by atoms with E-state index in [1.807, 2.05) is 24.3 Å². The Morgan fingerprint density at radius 2 is 2.23 bits per heavy atom. The van der Waals surface area contributed by atoms with Crippen molar-refractivity contribution >= 4 is 5.69 Å². The van der Waals surface area contributed by atoms with Crippen LogP contribution in [0, 0.1) is 12.3 Å². The van der Waals surface area contributed by atoms with Crippen LogP contribution in [0.3, 0.4) is 0 Å². The summed E-state index contributed by atoms with van der Waals surface area (Å²) in [5, 5.41) is 3.16. The summed E-state index contributed by atoms with van der Waals surface area (Å²) in [6.07, 6.45) is 7.92. The Morgan fingerprint density at radius 1 is 1.46 bits per heavy atom. The predicted octanol–water partition coefficient (Wildman–Crippen LogP) is 2.46. The van der Waals surface area contributed by atoms with Crippen LogP contribution in [0.15, 0.2) is 36.9 Å². The number of rotatable bonds is 4. The lowest BCUT2D eigenvalue weighted by atomic mass is 10.1. The second kappa shape index (κ2) is 5.05.